The molecule has 5 heteroatoms. The Labute approximate surface area is 92.7 Å². The molecule has 0 spiro atoms. The van der Waals surface area contributed by atoms with Crippen molar-refractivity contribution in [1.29, 1.82) is 0 Å². The van der Waals surface area contributed by atoms with Crippen molar-refractivity contribution in [2.24, 2.45) is 0 Å². The molecule has 4 nitrogen and oxygen atoms in total. The Morgan fingerprint density at radius 2 is 2.50 bits per heavy atom. The van der Waals surface area contributed by atoms with E-state index in [4.69, 9.17) is 5.11 Å². The van der Waals surface area contributed by atoms with Crippen LogP contribution in [0.2, 0.25) is 0 Å². The summed E-state index contributed by atoms with van der Waals surface area (Å²) in [6.07, 6.45) is 4.04. The number of halogens is 1. The minimum atomic E-state index is -0.615. The van der Waals surface area contributed by atoms with Crippen LogP contribution in [0.15, 0.2) is 18.5 Å². The molecule has 1 aliphatic rings. The summed E-state index contributed by atoms with van der Waals surface area (Å²) in [5.41, 5.74) is 0.0235. The fraction of sp³-hybridized carbons (Fsp3) is 0.455. The molecule has 16 heavy (non-hydrogen) atoms. The maximum Gasteiger partial charge on any atom is 0.257 e. The van der Waals surface area contributed by atoms with Gasteiger partial charge in [-0.2, -0.15) is 0 Å². The average molecular weight is 224 g/mol. The predicted octanol–water partition coefficient (Wildman–Crippen LogP) is 0.818. The minimum absolute atomic E-state index is 0.0235. The van der Waals surface area contributed by atoms with Gasteiger partial charge in [-0.05, 0) is 18.9 Å². The van der Waals surface area contributed by atoms with Crippen LogP contribution in [-0.4, -0.2) is 40.1 Å². The summed E-state index contributed by atoms with van der Waals surface area (Å²) in [5, 5.41) is 9.10. The first-order valence-electron chi connectivity index (χ1n) is 5.25. The first kappa shape index (κ1) is 11.0. The van der Waals surface area contributed by atoms with E-state index in [9.17, 15) is 9.18 Å². The fourth-order valence-electron chi connectivity index (χ4n) is 2.00. The van der Waals surface area contributed by atoms with Gasteiger partial charge < -0.3 is 10.0 Å². The molecule has 86 valence electrons. The van der Waals surface area contributed by atoms with Gasteiger partial charge in [-0.15, -0.1) is 0 Å². The number of amides is 1. The number of carbonyl (C=O) groups is 1. The Hall–Kier alpha value is -1.49. The highest BCUT2D eigenvalue weighted by molar-refractivity contribution is 5.94. The summed E-state index contributed by atoms with van der Waals surface area (Å²) in [5.74, 6) is -0.979. The molecule has 0 unspecified atom stereocenters. The van der Waals surface area contributed by atoms with Crippen molar-refractivity contribution >= 4 is 5.91 Å². The van der Waals surface area contributed by atoms with Crippen LogP contribution < -0.4 is 0 Å². The molecule has 0 radical (unpaired) electrons. The molecule has 0 aromatic carbocycles. The molecule has 1 fully saturated rings. The van der Waals surface area contributed by atoms with Crippen molar-refractivity contribution in [1.82, 2.24) is 9.88 Å². The number of aliphatic hydroxyl groups is 1. The van der Waals surface area contributed by atoms with E-state index in [-0.39, 0.29) is 24.1 Å². The van der Waals surface area contributed by atoms with E-state index in [2.05, 4.69) is 4.98 Å². The highest BCUT2D eigenvalue weighted by Gasteiger charge is 2.29. The SMILES string of the molecule is O=C(c1ccncc1F)N1CCC[C@@H]1CO. The topological polar surface area (TPSA) is 53.4 Å². The number of carbonyl (C=O) groups excluding carboxylic acids is 1. The molecule has 1 atom stereocenters. The highest BCUT2D eigenvalue weighted by Crippen LogP contribution is 2.20. The van der Waals surface area contributed by atoms with Gasteiger partial charge in [-0.1, -0.05) is 0 Å². The molecule has 0 bridgehead atoms. The number of hydrogen-bond acceptors (Lipinski definition) is 3. The van der Waals surface area contributed by atoms with Crippen molar-refractivity contribution in [3.05, 3.63) is 29.8 Å². The van der Waals surface area contributed by atoms with Gasteiger partial charge in [0.05, 0.1) is 24.4 Å². The Morgan fingerprint density at radius 1 is 1.69 bits per heavy atom. The lowest BCUT2D eigenvalue weighted by atomic mass is 10.2. The zero-order valence-corrected chi connectivity index (χ0v) is 8.77. The summed E-state index contributed by atoms with van der Waals surface area (Å²) in [7, 11) is 0. The van der Waals surface area contributed by atoms with Gasteiger partial charge in [0.15, 0.2) is 5.82 Å². The second-order valence-corrected chi connectivity index (χ2v) is 3.83. The summed E-state index contributed by atoms with van der Waals surface area (Å²) < 4.78 is 13.4. The van der Waals surface area contributed by atoms with Crippen molar-refractivity contribution in [2.45, 2.75) is 18.9 Å². The second kappa shape index (κ2) is 4.57. The zero-order valence-electron chi connectivity index (χ0n) is 8.77. The zero-order chi connectivity index (χ0) is 11.5. The van der Waals surface area contributed by atoms with Crippen LogP contribution in [-0.2, 0) is 0 Å². The number of hydrogen-bond donors (Lipinski definition) is 1. The quantitative estimate of drug-likeness (QED) is 0.809. The first-order valence-corrected chi connectivity index (χ1v) is 5.25. The Bertz CT molecular complexity index is 397. The van der Waals surface area contributed by atoms with E-state index < -0.39 is 5.82 Å². The Kier molecular flexibility index (Phi) is 3.14. The van der Waals surface area contributed by atoms with Crippen molar-refractivity contribution in [2.75, 3.05) is 13.2 Å². The highest BCUT2D eigenvalue weighted by atomic mass is 19.1. The molecule has 1 aromatic rings. The molecule has 0 aliphatic carbocycles. The smallest absolute Gasteiger partial charge is 0.257 e. The van der Waals surface area contributed by atoms with Crippen LogP contribution >= 0.6 is 0 Å². The Morgan fingerprint density at radius 3 is 3.19 bits per heavy atom. The molecule has 1 N–H and O–H groups in total. The summed E-state index contributed by atoms with van der Waals surface area (Å²) in [6.45, 7) is 0.504. The van der Waals surface area contributed by atoms with Crippen LogP contribution in [0.25, 0.3) is 0 Å². The Balaban J connectivity index is 2.22. The van der Waals surface area contributed by atoms with Gasteiger partial charge in [0.25, 0.3) is 5.91 Å². The normalized spacial score (nSPS) is 20.1. The van der Waals surface area contributed by atoms with Crippen LogP contribution in [0.5, 0.6) is 0 Å². The van der Waals surface area contributed by atoms with Gasteiger partial charge in [0, 0.05) is 12.7 Å². The molecule has 1 amide bonds. The van der Waals surface area contributed by atoms with Crippen LogP contribution in [0, 0.1) is 5.82 Å². The number of rotatable bonds is 2. The molecule has 1 aliphatic heterocycles. The summed E-state index contributed by atoms with van der Waals surface area (Å²) in [6, 6.07) is 1.19. The molecule has 2 heterocycles. The van der Waals surface area contributed by atoms with Gasteiger partial charge in [0.2, 0.25) is 0 Å². The summed E-state index contributed by atoms with van der Waals surface area (Å²) >= 11 is 0. The maximum atomic E-state index is 13.4. The number of likely N-dealkylation sites (tertiary alicyclic amines) is 1. The number of aromatic nitrogens is 1. The number of nitrogens with zero attached hydrogens (tertiary/aromatic N) is 2. The molecule has 0 saturated carbocycles. The van der Waals surface area contributed by atoms with Crippen molar-refractivity contribution < 1.29 is 14.3 Å². The standard InChI is InChI=1S/C11H13FN2O2/c12-10-6-13-4-3-9(10)11(16)14-5-1-2-8(14)7-15/h3-4,6,8,15H,1-2,5,7H2/t8-/m1/s1. The van der Waals surface area contributed by atoms with Crippen LogP contribution in [0.1, 0.15) is 23.2 Å². The van der Waals surface area contributed by atoms with E-state index in [0.29, 0.717) is 6.54 Å². The third-order valence-corrected chi connectivity index (χ3v) is 2.85. The van der Waals surface area contributed by atoms with E-state index in [1.165, 1.54) is 17.2 Å². The molecule has 1 aromatic heterocycles. The second-order valence-electron chi connectivity index (χ2n) is 3.83. The van der Waals surface area contributed by atoms with Crippen molar-refractivity contribution in [3.63, 3.8) is 0 Å². The molecule has 1 saturated heterocycles. The van der Waals surface area contributed by atoms with E-state index in [1.54, 1.807) is 0 Å². The lowest BCUT2D eigenvalue weighted by Gasteiger charge is -2.23. The molecular formula is C11H13FN2O2. The number of aliphatic hydroxyl groups excluding tert-OH is 1. The van der Waals surface area contributed by atoms with Gasteiger partial charge in [0.1, 0.15) is 0 Å². The first-order chi connectivity index (χ1) is 7.74. The summed E-state index contributed by atoms with van der Waals surface area (Å²) in [4.78, 5) is 17.1. The molecule has 2 rings (SSSR count). The monoisotopic (exact) mass is 224 g/mol. The minimum Gasteiger partial charge on any atom is -0.394 e. The van der Waals surface area contributed by atoms with Gasteiger partial charge in [-0.3, -0.25) is 9.78 Å². The largest absolute Gasteiger partial charge is 0.394 e. The lowest BCUT2D eigenvalue weighted by Crippen LogP contribution is -2.38. The van der Waals surface area contributed by atoms with Crippen LogP contribution in [0.3, 0.4) is 0 Å². The average Bonchev–Trinajstić information content (AvgIpc) is 2.77. The predicted molar refractivity (Wildman–Crippen MR) is 55.3 cm³/mol. The van der Waals surface area contributed by atoms with Gasteiger partial charge in [-0.25, -0.2) is 4.39 Å². The third kappa shape index (κ3) is 1.90. The van der Waals surface area contributed by atoms with E-state index in [0.717, 1.165) is 19.0 Å². The van der Waals surface area contributed by atoms with Crippen LogP contribution in [0.4, 0.5) is 4.39 Å². The molecular weight excluding hydrogens is 211 g/mol. The third-order valence-electron chi connectivity index (χ3n) is 2.85. The lowest BCUT2D eigenvalue weighted by molar-refractivity contribution is 0.0672. The van der Waals surface area contributed by atoms with Gasteiger partial charge >= 0.3 is 0 Å². The number of pyridine rings is 1. The fourth-order valence-corrected chi connectivity index (χ4v) is 2.00. The van der Waals surface area contributed by atoms with E-state index in [1.807, 2.05) is 0 Å². The maximum absolute atomic E-state index is 13.4. The van der Waals surface area contributed by atoms with Crippen molar-refractivity contribution in [3.8, 4) is 0 Å². The van der Waals surface area contributed by atoms with E-state index >= 15 is 0 Å².